The first-order valence-corrected chi connectivity index (χ1v) is 6.38. The first-order valence-electron chi connectivity index (χ1n) is 6.38. The van der Waals surface area contributed by atoms with Crippen molar-refractivity contribution >= 4 is 5.97 Å². The summed E-state index contributed by atoms with van der Waals surface area (Å²) in [7, 11) is 5.50. The van der Waals surface area contributed by atoms with Crippen molar-refractivity contribution in [3.8, 4) is 0 Å². The molecule has 0 atom stereocenters. The van der Waals surface area contributed by atoms with Crippen LogP contribution in [0.5, 0.6) is 0 Å². The molecular formula is C14H19F3N2O2. The Morgan fingerprint density at radius 2 is 1.81 bits per heavy atom. The second kappa shape index (κ2) is 6.91. The van der Waals surface area contributed by atoms with E-state index in [-0.39, 0.29) is 17.7 Å². The van der Waals surface area contributed by atoms with Gasteiger partial charge < -0.3 is 14.9 Å². The summed E-state index contributed by atoms with van der Waals surface area (Å²) < 4.78 is 39.1. The third-order valence-electron chi connectivity index (χ3n) is 3.03. The fourth-order valence-electron chi connectivity index (χ4n) is 1.85. The Labute approximate surface area is 121 Å². The first kappa shape index (κ1) is 17.5. The Morgan fingerprint density at radius 3 is 2.29 bits per heavy atom. The molecule has 1 N–H and O–H groups in total. The molecule has 4 nitrogen and oxygen atoms in total. The van der Waals surface area contributed by atoms with Crippen LogP contribution in [0.15, 0.2) is 18.2 Å². The van der Waals surface area contributed by atoms with Crippen LogP contribution in [0, 0.1) is 0 Å². The maximum atomic E-state index is 13.0. The molecule has 118 valence electrons. The number of aromatic carboxylic acids is 1. The van der Waals surface area contributed by atoms with E-state index in [0.29, 0.717) is 12.6 Å². The summed E-state index contributed by atoms with van der Waals surface area (Å²) in [6.07, 6.45) is -4.57. The van der Waals surface area contributed by atoms with Crippen molar-refractivity contribution < 1.29 is 23.1 Å². The van der Waals surface area contributed by atoms with Crippen LogP contribution in [0.3, 0.4) is 0 Å². The number of nitrogens with zero attached hydrogens (tertiary/aromatic N) is 2. The number of alkyl halides is 3. The van der Waals surface area contributed by atoms with Crippen molar-refractivity contribution in [1.29, 1.82) is 0 Å². The van der Waals surface area contributed by atoms with Crippen molar-refractivity contribution in [3.63, 3.8) is 0 Å². The summed E-state index contributed by atoms with van der Waals surface area (Å²) in [6, 6.07) is 3.13. The van der Waals surface area contributed by atoms with Crippen molar-refractivity contribution in [2.75, 3.05) is 34.2 Å². The van der Waals surface area contributed by atoms with E-state index in [4.69, 9.17) is 5.11 Å². The molecule has 21 heavy (non-hydrogen) atoms. The zero-order valence-electron chi connectivity index (χ0n) is 12.2. The van der Waals surface area contributed by atoms with E-state index in [0.717, 1.165) is 6.54 Å². The van der Waals surface area contributed by atoms with Crippen LogP contribution < -0.4 is 0 Å². The number of carbonyl (C=O) groups is 1. The molecule has 0 saturated carbocycles. The number of carboxylic acids is 1. The average Bonchev–Trinajstić information content (AvgIpc) is 2.35. The largest absolute Gasteiger partial charge is 0.478 e. The SMILES string of the molecule is CN(C)CCN(C)Cc1ccc(C(=O)O)cc1C(F)(F)F. The molecule has 0 aliphatic rings. The topological polar surface area (TPSA) is 43.8 Å². The van der Waals surface area contributed by atoms with Gasteiger partial charge in [-0.05, 0) is 38.8 Å². The number of likely N-dealkylation sites (N-methyl/N-ethyl adjacent to an activating group) is 2. The first-order chi connectivity index (χ1) is 9.61. The van der Waals surface area contributed by atoms with Gasteiger partial charge in [-0.1, -0.05) is 6.07 Å². The molecule has 7 heteroatoms. The molecule has 1 aromatic rings. The Balaban J connectivity index is 2.98. The van der Waals surface area contributed by atoms with Gasteiger partial charge in [0.1, 0.15) is 0 Å². The maximum absolute atomic E-state index is 13.0. The highest BCUT2D eigenvalue weighted by atomic mass is 19.4. The number of benzene rings is 1. The van der Waals surface area contributed by atoms with Gasteiger partial charge in [0, 0.05) is 19.6 Å². The van der Waals surface area contributed by atoms with E-state index in [1.807, 2.05) is 19.0 Å². The molecule has 1 rings (SSSR count). The summed E-state index contributed by atoms with van der Waals surface area (Å²) in [5.41, 5.74) is -1.17. The molecule has 0 radical (unpaired) electrons. The minimum Gasteiger partial charge on any atom is -0.478 e. The lowest BCUT2D eigenvalue weighted by atomic mass is 10.0. The zero-order chi connectivity index (χ0) is 16.2. The summed E-state index contributed by atoms with van der Waals surface area (Å²) in [5.74, 6) is -1.37. The standard InChI is InChI=1S/C14H19F3N2O2/c1-18(2)6-7-19(3)9-11-5-4-10(13(20)21)8-12(11)14(15,16)17/h4-5,8H,6-7,9H2,1-3H3,(H,20,21). The van der Waals surface area contributed by atoms with Crippen LogP contribution in [0.2, 0.25) is 0 Å². The lowest BCUT2D eigenvalue weighted by molar-refractivity contribution is -0.138. The minimum absolute atomic E-state index is 0.0776. The van der Waals surface area contributed by atoms with Crippen molar-refractivity contribution in [2.45, 2.75) is 12.7 Å². The Morgan fingerprint density at radius 1 is 1.19 bits per heavy atom. The number of halogens is 3. The predicted molar refractivity (Wildman–Crippen MR) is 73.3 cm³/mol. The second-order valence-corrected chi connectivity index (χ2v) is 5.22. The smallest absolute Gasteiger partial charge is 0.416 e. The number of hydrogen-bond acceptors (Lipinski definition) is 3. The molecule has 0 bridgehead atoms. The number of carboxylic acid groups (broad SMARTS) is 1. The van der Waals surface area contributed by atoms with Gasteiger partial charge in [-0.3, -0.25) is 0 Å². The monoisotopic (exact) mass is 304 g/mol. The molecular weight excluding hydrogens is 285 g/mol. The minimum atomic E-state index is -4.57. The van der Waals surface area contributed by atoms with E-state index in [2.05, 4.69) is 0 Å². The summed E-state index contributed by atoms with van der Waals surface area (Å²) in [4.78, 5) is 14.5. The number of rotatable bonds is 6. The van der Waals surface area contributed by atoms with Gasteiger partial charge in [-0.15, -0.1) is 0 Å². The van der Waals surface area contributed by atoms with E-state index in [9.17, 15) is 18.0 Å². The van der Waals surface area contributed by atoms with Gasteiger partial charge >= 0.3 is 12.1 Å². The van der Waals surface area contributed by atoms with Crippen LogP contribution in [-0.4, -0.2) is 55.1 Å². The van der Waals surface area contributed by atoms with Crippen molar-refractivity contribution in [3.05, 3.63) is 34.9 Å². The van der Waals surface area contributed by atoms with Crippen LogP contribution in [0.4, 0.5) is 13.2 Å². The van der Waals surface area contributed by atoms with Gasteiger partial charge in [-0.2, -0.15) is 13.2 Å². The summed E-state index contributed by atoms with van der Waals surface area (Å²) in [5, 5.41) is 8.81. The highest BCUT2D eigenvalue weighted by molar-refractivity contribution is 5.88. The molecule has 0 aliphatic heterocycles. The van der Waals surface area contributed by atoms with Gasteiger partial charge in [0.05, 0.1) is 11.1 Å². The van der Waals surface area contributed by atoms with E-state index in [1.165, 1.54) is 12.1 Å². The van der Waals surface area contributed by atoms with Crippen molar-refractivity contribution in [2.24, 2.45) is 0 Å². The van der Waals surface area contributed by atoms with Crippen LogP contribution in [-0.2, 0) is 12.7 Å². The fourth-order valence-corrected chi connectivity index (χ4v) is 1.85. The van der Waals surface area contributed by atoms with Crippen LogP contribution in [0.1, 0.15) is 21.5 Å². The quantitative estimate of drug-likeness (QED) is 0.876. The maximum Gasteiger partial charge on any atom is 0.416 e. The summed E-state index contributed by atoms with van der Waals surface area (Å²) in [6.45, 7) is 1.46. The molecule has 0 aromatic heterocycles. The zero-order valence-corrected chi connectivity index (χ0v) is 12.2. The predicted octanol–water partition coefficient (Wildman–Crippen LogP) is 2.40. The lowest BCUT2D eigenvalue weighted by Crippen LogP contribution is -2.29. The number of hydrogen-bond donors (Lipinski definition) is 1. The van der Waals surface area contributed by atoms with Crippen LogP contribution in [0.25, 0.3) is 0 Å². The third-order valence-corrected chi connectivity index (χ3v) is 3.03. The van der Waals surface area contributed by atoms with Crippen molar-refractivity contribution in [1.82, 2.24) is 9.80 Å². The van der Waals surface area contributed by atoms with Gasteiger partial charge in [-0.25, -0.2) is 4.79 Å². The molecule has 0 fully saturated rings. The highest BCUT2D eigenvalue weighted by Gasteiger charge is 2.34. The molecule has 0 amide bonds. The molecule has 0 spiro atoms. The Hall–Kier alpha value is -1.60. The molecule has 0 aliphatic carbocycles. The molecule has 1 aromatic carbocycles. The summed E-state index contributed by atoms with van der Waals surface area (Å²) >= 11 is 0. The van der Waals surface area contributed by atoms with E-state index in [1.54, 1.807) is 11.9 Å². The Kier molecular flexibility index (Phi) is 5.74. The highest BCUT2D eigenvalue weighted by Crippen LogP contribution is 2.33. The average molecular weight is 304 g/mol. The molecule has 0 heterocycles. The molecule has 0 saturated heterocycles. The second-order valence-electron chi connectivity index (χ2n) is 5.22. The van der Waals surface area contributed by atoms with Crippen LogP contribution >= 0.6 is 0 Å². The fraction of sp³-hybridized carbons (Fsp3) is 0.500. The van der Waals surface area contributed by atoms with E-state index >= 15 is 0 Å². The van der Waals surface area contributed by atoms with Gasteiger partial charge in [0.25, 0.3) is 0 Å². The Bertz CT molecular complexity index is 501. The van der Waals surface area contributed by atoms with E-state index < -0.39 is 17.7 Å². The third kappa shape index (κ3) is 5.35. The van der Waals surface area contributed by atoms with Gasteiger partial charge in [0.2, 0.25) is 0 Å². The normalized spacial score (nSPS) is 12.2. The molecule has 0 unspecified atom stereocenters. The lowest BCUT2D eigenvalue weighted by Gasteiger charge is -2.21. The van der Waals surface area contributed by atoms with Gasteiger partial charge in [0.15, 0.2) is 0 Å².